The van der Waals surface area contributed by atoms with Gasteiger partial charge < -0.3 is 4.90 Å². The summed E-state index contributed by atoms with van der Waals surface area (Å²) in [6.45, 7) is 5.89. The Morgan fingerprint density at radius 3 is 2.33 bits per heavy atom. The maximum Gasteiger partial charge on any atom is 0.0507 e. The van der Waals surface area contributed by atoms with Crippen LogP contribution in [0.2, 0.25) is 0 Å². The van der Waals surface area contributed by atoms with Gasteiger partial charge in [-0.1, -0.05) is 37.3 Å². The fourth-order valence-corrected chi connectivity index (χ4v) is 3.58. The number of benzene rings is 1. The van der Waals surface area contributed by atoms with Crippen LogP contribution in [-0.4, -0.2) is 43.5 Å². The van der Waals surface area contributed by atoms with Crippen molar-refractivity contribution < 1.29 is 0 Å². The molecule has 0 bridgehead atoms. The van der Waals surface area contributed by atoms with Crippen LogP contribution in [0.5, 0.6) is 0 Å². The number of piperidine rings is 1. The molecule has 1 aliphatic rings. The SMILES string of the molecule is C[C@@H]1C[C@](c2ccccc2)(N(C)C)[C@@H](C)CN1C. The van der Waals surface area contributed by atoms with E-state index < -0.39 is 0 Å². The number of likely N-dealkylation sites (tertiary alicyclic amines) is 1. The topological polar surface area (TPSA) is 6.48 Å². The second kappa shape index (κ2) is 5.02. The molecule has 0 amide bonds. The van der Waals surface area contributed by atoms with Gasteiger partial charge in [0.1, 0.15) is 0 Å². The number of nitrogens with zero attached hydrogens (tertiary/aromatic N) is 2. The van der Waals surface area contributed by atoms with Crippen molar-refractivity contribution in [1.82, 2.24) is 9.80 Å². The Kier molecular flexibility index (Phi) is 3.79. The van der Waals surface area contributed by atoms with Crippen LogP contribution in [-0.2, 0) is 5.54 Å². The number of hydrogen-bond donors (Lipinski definition) is 0. The second-order valence-electron chi connectivity index (χ2n) is 6.08. The summed E-state index contributed by atoms with van der Waals surface area (Å²) < 4.78 is 0. The molecule has 0 aliphatic carbocycles. The fraction of sp³-hybridized carbons (Fsp3) is 0.625. The van der Waals surface area contributed by atoms with Gasteiger partial charge >= 0.3 is 0 Å². The summed E-state index contributed by atoms with van der Waals surface area (Å²) in [5, 5.41) is 0. The van der Waals surface area contributed by atoms with E-state index in [2.05, 4.69) is 75.1 Å². The van der Waals surface area contributed by atoms with Crippen molar-refractivity contribution in [3.05, 3.63) is 35.9 Å². The van der Waals surface area contributed by atoms with Crippen LogP contribution >= 0.6 is 0 Å². The monoisotopic (exact) mass is 246 g/mol. The van der Waals surface area contributed by atoms with Crippen molar-refractivity contribution in [2.45, 2.75) is 31.8 Å². The Bertz CT molecular complexity index is 387. The minimum atomic E-state index is 0.174. The van der Waals surface area contributed by atoms with Crippen molar-refractivity contribution in [3.63, 3.8) is 0 Å². The summed E-state index contributed by atoms with van der Waals surface area (Å²) in [4.78, 5) is 4.91. The summed E-state index contributed by atoms with van der Waals surface area (Å²) in [5.74, 6) is 0.635. The van der Waals surface area contributed by atoms with E-state index >= 15 is 0 Å². The molecule has 1 aromatic rings. The van der Waals surface area contributed by atoms with Crippen molar-refractivity contribution in [3.8, 4) is 0 Å². The van der Waals surface area contributed by atoms with Gasteiger partial charge in [-0.25, -0.2) is 0 Å². The third-order valence-corrected chi connectivity index (χ3v) is 4.81. The average molecular weight is 246 g/mol. The molecule has 0 saturated carbocycles. The molecule has 0 aromatic heterocycles. The lowest BCUT2D eigenvalue weighted by Gasteiger charge is -2.53. The molecule has 1 aromatic carbocycles. The predicted octanol–water partition coefficient (Wildman–Crippen LogP) is 2.80. The molecule has 0 N–H and O–H groups in total. The quantitative estimate of drug-likeness (QED) is 0.792. The molecule has 0 radical (unpaired) electrons. The normalized spacial score (nSPS) is 33.9. The lowest BCUT2D eigenvalue weighted by atomic mass is 9.71. The molecule has 1 heterocycles. The highest BCUT2D eigenvalue weighted by molar-refractivity contribution is 5.27. The molecular formula is C16H26N2. The van der Waals surface area contributed by atoms with E-state index in [0.717, 1.165) is 6.54 Å². The van der Waals surface area contributed by atoms with Crippen LogP contribution in [0, 0.1) is 5.92 Å². The average Bonchev–Trinajstić information content (AvgIpc) is 2.34. The van der Waals surface area contributed by atoms with Gasteiger partial charge in [-0.05, 0) is 46.0 Å². The molecule has 100 valence electrons. The predicted molar refractivity (Wildman–Crippen MR) is 77.7 cm³/mol. The van der Waals surface area contributed by atoms with Crippen LogP contribution in [0.1, 0.15) is 25.8 Å². The Morgan fingerprint density at radius 1 is 1.17 bits per heavy atom. The Labute approximate surface area is 112 Å². The van der Waals surface area contributed by atoms with E-state index in [-0.39, 0.29) is 5.54 Å². The van der Waals surface area contributed by atoms with Crippen LogP contribution in [0.4, 0.5) is 0 Å². The van der Waals surface area contributed by atoms with Gasteiger partial charge in [-0.2, -0.15) is 0 Å². The van der Waals surface area contributed by atoms with Crippen molar-refractivity contribution in [1.29, 1.82) is 0 Å². The Morgan fingerprint density at radius 2 is 1.78 bits per heavy atom. The largest absolute Gasteiger partial charge is 0.303 e. The summed E-state index contributed by atoms with van der Waals surface area (Å²) >= 11 is 0. The van der Waals surface area contributed by atoms with E-state index in [1.807, 2.05) is 0 Å². The fourth-order valence-electron chi connectivity index (χ4n) is 3.58. The Balaban J connectivity index is 2.44. The zero-order valence-electron chi connectivity index (χ0n) is 12.4. The van der Waals surface area contributed by atoms with Gasteiger partial charge in [-0.3, -0.25) is 4.90 Å². The maximum atomic E-state index is 2.48. The molecule has 2 rings (SSSR count). The van der Waals surface area contributed by atoms with Crippen molar-refractivity contribution >= 4 is 0 Å². The van der Waals surface area contributed by atoms with Crippen LogP contribution in [0.25, 0.3) is 0 Å². The Hall–Kier alpha value is -0.860. The molecule has 0 unspecified atom stereocenters. The minimum absolute atomic E-state index is 0.174. The highest BCUT2D eigenvalue weighted by Gasteiger charge is 2.45. The highest BCUT2D eigenvalue weighted by Crippen LogP contribution is 2.43. The van der Waals surface area contributed by atoms with Crippen LogP contribution in [0.3, 0.4) is 0 Å². The summed E-state index contributed by atoms with van der Waals surface area (Å²) in [6.07, 6.45) is 1.20. The van der Waals surface area contributed by atoms with E-state index in [1.54, 1.807) is 0 Å². The number of hydrogen-bond acceptors (Lipinski definition) is 2. The summed E-state index contributed by atoms with van der Waals surface area (Å²) in [6, 6.07) is 11.6. The van der Waals surface area contributed by atoms with Crippen molar-refractivity contribution in [2.24, 2.45) is 5.92 Å². The summed E-state index contributed by atoms with van der Waals surface area (Å²) in [5.41, 5.74) is 1.63. The van der Waals surface area contributed by atoms with E-state index in [1.165, 1.54) is 12.0 Å². The third-order valence-electron chi connectivity index (χ3n) is 4.81. The zero-order chi connectivity index (χ0) is 13.3. The molecular weight excluding hydrogens is 220 g/mol. The molecule has 2 heteroatoms. The first-order chi connectivity index (χ1) is 8.48. The van der Waals surface area contributed by atoms with Gasteiger partial charge in [0.2, 0.25) is 0 Å². The lowest BCUT2D eigenvalue weighted by Crippen LogP contribution is -2.57. The van der Waals surface area contributed by atoms with E-state index in [4.69, 9.17) is 0 Å². The molecule has 1 fully saturated rings. The first kappa shape index (κ1) is 13.6. The van der Waals surface area contributed by atoms with Crippen molar-refractivity contribution in [2.75, 3.05) is 27.7 Å². The van der Waals surface area contributed by atoms with E-state index in [9.17, 15) is 0 Å². The smallest absolute Gasteiger partial charge is 0.0507 e. The first-order valence-corrected chi connectivity index (χ1v) is 6.91. The standard InChI is InChI=1S/C16H26N2/c1-13-12-18(5)14(2)11-16(13,17(3)4)15-9-7-6-8-10-15/h6-10,13-14H,11-12H2,1-5H3/t13-,14+,16-/m0/s1. The molecule has 0 spiro atoms. The second-order valence-corrected chi connectivity index (χ2v) is 6.08. The van der Waals surface area contributed by atoms with Gasteiger partial charge in [0.25, 0.3) is 0 Å². The number of rotatable bonds is 2. The highest BCUT2D eigenvalue weighted by atomic mass is 15.2. The molecule has 3 atom stereocenters. The van der Waals surface area contributed by atoms with Gasteiger partial charge in [0.15, 0.2) is 0 Å². The lowest BCUT2D eigenvalue weighted by molar-refractivity contribution is -0.0151. The van der Waals surface area contributed by atoms with Crippen LogP contribution < -0.4 is 0 Å². The van der Waals surface area contributed by atoms with Crippen LogP contribution in [0.15, 0.2) is 30.3 Å². The zero-order valence-corrected chi connectivity index (χ0v) is 12.4. The maximum absolute atomic E-state index is 2.48. The van der Waals surface area contributed by atoms with Gasteiger partial charge in [-0.15, -0.1) is 0 Å². The molecule has 1 aliphatic heterocycles. The minimum Gasteiger partial charge on any atom is -0.303 e. The molecule has 1 saturated heterocycles. The summed E-state index contributed by atoms with van der Waals surface area (Å²) in [7, 11) is 6.69. The molecule has 18 heavy (non-hydrogen) atoms. The van der Waals surface area contributed by atoms with Gasteiger partial charge in [0.05, 0.1) is 5.54 Å². The van der Waals surface area contributed by atoms with E-state index in [0.29, 0.717) is 12.0 Å². The first-order valence-electron chi connectivity index (χ1n) is 6.91. The third kappa shape index (κ3) is 2.08. The molecule has 2 nitrogen and oxygen atoms in total. The van der Waals surface area contributed by atoms with Gasteiger partial charge in [0, 0.05) is 12.6 Å².